The molecule has 1 aliphatic carbocycles. The fourth-order valence-electron chi connectivity index (χ4n) is 2.64. The maximum absolute atomic E-state index is 12.0. The predicted molar refractivity (Wildman–Crippen MR) is 75.1 cm³/mol. The van der Waals surface area contributed by atoms with Crippen LogP contribution in [0.1, 0.15) is 31.2 Å². The van der Waals surface area contributed by atoms with Crippen LogP contribution in [0.5, 0.6) is 0 Å². The van der Waals surface area contributed by atoms with Gasteiger partial charge in [-0.25, -0.2) is 4.98 Å². The minimum atomic E-state index is 0.112. The zero-order chi connectivity index (χ0) is 13.9. The van der Waals surface area contributed by atoms with E-state index in [0.717, 1.165) is 44.6 Å². The summed E-state index contributed by atoms with van der Waals surface area (Å²) >= 11 is 0. The van der Waals surface area contributed by atoms with Crippen molar-refractivity contribution in [3.63, 3.8) is 0 Å². The summed E-state index contributed by atoms with van der Waals surface area (Å²) in [6.45, 7) is 1.57. The molecule has 3 rings (SSSR count). The maximum atomic E-state index is 12.0. The number of piperidine rings is 1. The second kappa shape index (κ2) is 5.49. The normalized spacial score (nSPS) is 19.4. The highest BCUT2D eigenvalue weighted by Gasteiger charge is 2.30. The van der Waals surface area contributed by atoms with E-state index in [9.17, 15) is 4.79 Å². The average molecular weight is 270 g/mol. The highest BCUT2D eigenvalue weighted by molar-refractivity contribution is 5.79. The third-order valence-electron chi connectivity index (χ3n) is 4.00. The molecule has 1 saturated carbocycles. The topological polar surface area (TPSA) is 69.0 Å². The van der Waals surface area contributed by atoms with Crippen molar-refractivity contribution < 1.29 is 4.79 Å². The quantitative estimate of drug-likeness (QED) is 0.902. The highest BCUT2D eigenvalue weighted by Crippen LogP contribution is 2.26. The van der Waals surface area contributed by atoms with Crippen molar-refractivity contribution >= 4 is 11.7 Å². The zero-order valence-corrected chi connectivity index (χ0v) is 11.4. The van der Waals surface area contributed by atoms with Crippen LogP contribution in [0.25, 0.3) is 0 Å². The summed E-state index contributed by atoms with van der Waals surface area (Å²) in [6.07, 6.45) is 5.64. The van der Waals surface area contributed by atoms with Gasteiger partial charge < -0.3 is 10.2 Å². The van der Waals surface area contributed by atoms with Crippen molar-refractivity contribution in [3.8, 4) is 6.07 Å². The fourth-order valence-corrected chi connectivity index (χ4v) is 2.64. The van der Waals surface area contributed by atoms with Crippen LogP contribution in [0.4, 0.5) is 5.82 Å². The number of amides is 1. The van der Waals surface area contributed by atoms with Crippen LogP contribution in [-0.2, 0) is 4.79 Å². The van der Waals surface area contributed by atoms with Gasteiger partial charge in [-0.2, -0.15) is 5.26 Å². The molecule has 20 heavy (non-hydrogen) atoms. The van der Waals surface area contributed by atoms with Crippen molar-refractivity contribution in [1.29, 1.82) is 5.26 Å². The molecule has 1 aliphatic heterocycles. The summed E-state index contributed by atoms with van der Waals surface area (Å²) < 4.78 is 0. The van der Waals surface area contributed by atoms with Crippen LogP contribution in [0.15, 0.2) is 18.3 Å². The van der Waals surface area contributed by atoms with Gasteiger partial charge in [0.15, 0.2) is 0 Å². The standard InChI is InChI=1S/C15H18N4O/c16-10-12-2-1-7-17-14(12)19-8-5-11(6-9-19)15(20)18-13-3-4-13/h1-2,7,11,13H,3-6,8-9H2,(H,18,20). The van der Waals surface area contributed by atoms with Gasteiger partial charge in [-0.3, -0.25) is 4.79 Å². The van der Waals surface area contributed by atoms with Gasteiger partial charge in [0.05, 0.1) is 5.56 Å². The van der Waals surface area contributed by atoms with E-state index in [2.05, 4.69) is 21.3 Å². The lowest BCUT2D eigenvalue weighted by Gasteiger charge is -2.32. The first kappa shape index (κ1) is 12.9. The van der Waals surface area contributed by atoms with E-state index in [1.807, 2.05) is 0 Å². The Labute approximate surface area is 118 Å². The molecular weight excluding hydrogens is 252 g/mol. The molecule has 1 saturated heterocycles. The van der Waals surface area contributed by atoms with Crippen molar-refractivity contribution in [2.24, 2.45) is 5.92 Å². The van der Waals surface area contributed by atoms with Crippen LogP contribution in [0, 0.1) is 17.2 Å². The van der Waals surface area contributed by atoms with Crippen molar-refractivity contribution in [1.82, 2.24) is 10.3 Å². The highest BCUT2D eigenvalue weighted by atomic mass is 16.2. The van der Waals surface area contributed by atoms with Crippen LogP contribution in [0.2, 0.25) is 0 Å². The maximum Gasteiger partial charge on any atom is 0.223 e. The second-order valence-corrected chi connectivity index (χ2v) is 5.53. The predicted octanol–water partition coefficient (Wildman–Crippen LogP) is 1.45. The number of carbonyl (C=O) groups excluding carboxylic acids is 1. The molecule has 2 fully saturated rings. The Hall–Kier alpha value is -2.09. The number of anilines is 1. The Bertz CT molecular complexity index is 539. The summed E-state index contributed by atoms with van der Waals surface area (Å²) in [4.78, 5) is 18.4. The van der Waals surface area contributed by atoms with Gasteiger partial charge in [-0.05, 0) is 37.8 Å². The van der Waals surface area contributed by atoms with Crippen LogP contribution < -0.4 is 10.2 Å². The molecule has 0 bridgehead atoms. The molecule has 0 aromatic carbocycles. The molecule has 104 valence electrons. The smallest absolute Gasteiger partial charge is 0.223 e. The molecule has 1 amide bonds. The Kier molecular flexibility index (Phi) is 3.55. The van der Waals surface area contributed by atoms with E-state index < -0.39 is 0 Å². The molecule has 1 aromatic rings. The summed E-state index contributed by atoms with van der Waals surface area (Å²) in [6, 6.07) is 6.17. The molecule has 0 spiro atoms. The monoisotopic (exact) mass is 270 g/mol. The van der Waals surface area contributed by atoms with Gasteiger partial charge in [0.2, 0.25) is 5.91 Å². The van der Waals surface area contributed by atoms with Gasteiger partial charge in [0, 0.05) is 31.2 Å². The van der Waals surface area contributed by atoms with Gasteiger partial charge in [-0.15, -0.1) is 0 Å². The second-order valence-electron chi connectivity index (χ2n) is 5.53. The first-order valence-electron chi connectivity index (χ1n) is 7.18. The first-order chi connectivity index (χ1) is 9.78. The molecule has 1 aromatic heterocycles. The number of nitriles is 1. The van der Waals surface area contributed by atoms with Crippen molar-refractivity contribution in [2.75, 3.05) is 18.0 Å². The lowest BCUT2D eigenvalue weighted by molar-refractivity contribution is -0.125. The van der Waals surface area contributed by atoms with E-state index >= 15 is 0 Å². The minimum absolute atomic E-state index is 0.112. The summed E-state index contributed by atoms with van der Waals surface area (Å²) in [5.74, 6) is 1.06. The SMILES string of the molecule is N#Cc1cccnc1N1CCC(C(=O)NC2CC2)CC1. The van der Waals surface area contributed by atoms with Gasteiger partial charge in [-0.1, -0.05) is 0 Å². The molecular formula is C15H18N4O. The number of pyridine rings is 1. The van der Waals surface area contributed by atoms with E-state index in [4.69, 9.17) is 5.26 Å². The number of carbonyl (C=O) groups is 1. The summed E-state index contributed by atoms with van der Waals surface area (Å²) in [7, 11) is 0. The van der Waals surface area contributed by atoms with E-state index in [1.54, 1.807) is 18.3 Å². The van der Waals surface area contributed by atoms with E-state index in [-0.39, 0.29) is 11.8 Å². The number of hydrogen-bond donors (Lipinski definition) is 1. The Morgan fingerprint density at radius 1 is 1.35 bits per heavy atom. The number of nitrogens with one attached hydrogen (secondary N) is 1. The Morgan fingerprint density at radius 2 is 2.10 bits per heavy atom. The molecule has 2 heterocycles. The number of aromatic nitrogens is 1. The molecule has 0 unspecified atom stereocenters. The molecule has 2 aliphatic rings. The van der Waals surface area contributed by atoms with Crippen LogP contribution >= 0.6 is 0 Å². The van der Waals surface area contributed by atoms with Crippen LogP contribution in [-0.4, -0.2) is 30.0 Å². The van der Waals surface area contributed by atoms with Gasteiger partial charge in [0.1, 0.15) is 11.9 Å². The van der Waals surface area contributed by atoms with Crippen molar-refractivity contribution in [3.05, 3.63) is 23.9 Å². The lowest BCUT2D eigenvalue weighted by Crippen LogP contribution is -2.41. The van der Waals surface area contributed by atoms with E-state index in [0.29, 0.717) is 11.6 Å². The number of nitrogens with zero attached hydrogens (tertiary/aromatic N) is 3. The minimum Gasteiger partial charge on any atom is -0.355 e. The Morgan fingerprint density at radius 3 is 2.75 bits per heavy atom. The lowest BCUT2D eigenvalue weighted by atomic mass is 9.95. The Balaban J connectivity index is 1.60. The van der Waals surface area contributed by atoms with Gasteiger partial charge in [0.25, 0.3) is 0 Å². The molecule has 5 nitrogen and oxygen atoms in total. The third kappa shape index (κ3) is 2.74. The largest absolute Gasteiger partial charge is 0.355 e. The molecule has 1 N–H and O–H groups in total. The number of rotatable bonds is 3. The summed E-state index contributed by atoms with van der Waals surface area (Å²) in [5, 5.41) is 12.2. The fraction of sp³-hybridized carbons (Fsp3) is 0.533. The van der Waals surface area contributed by atoms with Crippen molar-refractivity contribution in [2.45, 2.75) is 31.7 Å². The summed E-state index contributed by atoms with van der Waals surface area (Å²) in [5.41, 5.74) is 0.605. The molecule has 0 atom stereocenters. The first-order valence-corrected chi connectivity index (χ1v) is 7.18. The average Bonchev–Trinajstić information content (AvgIpc) is 3.31. The molecule has 0 radical (unpaired) electrons. The number of hydrogen-bond acceptors (Lipinski definition) is 4. The molecule has 5 heteroatoms. The zero-order valence-electron chi connectivity index (χ0n) is 11.4. The van der Waals surface area contributed by atoms with Gasteiger partial charge >= 0.3 is 0 Å². The third-order valence-corrected chi connectivity index (χ3v) is 4.00. The van der Waals surface area contributed by atoms with E-state index in [1.165, 1.54) is 0 Å². The van der Waals surface area contributed by atoms with Crippen LogP contribution in [0.3, 0.4) is 0 Å².